The molecule has 0 radical (unpaired) electrons. The van der Waals surface area contributed by atoms with Gasteiger partial charge in [0.25, 0.3) is 0 Å². The largest absolute Gasteiger partial charge is 0.390 e. The summed E-state index contributed by atoms with van der Waals surface area (Å²) in [5.41, 5.74) is 0. The van der Waals surface area contributed by atoms with E-state index in [9.17, 15) is 5.11 Å². The van der Waals surface area contributed by atoms with E-state index in [1.54, 1.807) is 0 Å². The highest BCUT2D eigenvalue weighted by molar-refractivity contribution is 4.81. The molecule has 1 aliphatic rings. The number of aliphatic hydroxyl groups excluding tert-OH is 1. The van der Waals surface area contributed by atoms with Crippen molar-refractivity contribution in [1.82, 2.24) is 0 Å². The Morgan fingerprint density at radius 1 is 0.769 bits per heavy atom. The van der Waals surface area contributed by atoms with Crippen LogP contribution in [0, 0.1) is 0 Å². The van der Waals surface area contributed by atoms with Gasteiger partial charge in [0.1, 0.15) is 6.10 Å². The molecule has 0 saturated carbocycles. The minimum Gasteiger partial charge on any atom is -0.390 e. The van der Waals surface area contributed by atoms with Crippen LogP contribution in [0.3, 0.4) is 0 Å². The molecular formula is C22H44O4. The van der Waals surface area contributed by atoms with E-state index in [4.69, 9.17) is 14.2 Å². The Morgan fingerprint density at radius 2 is 1.27 bits per heavy atom. The third-order valence-corrected chi connectivity index (χ3v) is 5.33. The summed E-state index contributed by atoms with van der Waals surface area (Å²) in [6.07, 6.45) is 15.2. The van der Waals surface area contributed by atoms with Crippen molar-refractivity contribution < 1.29 is 19.3 Å². The standard InChI is InChI=1S/C22H44O4/c1-4-7-8-9-10-11-12-13-14-15-16-19(23)20-17-18-21(26-20)22(24-5-2)25-6-3/h19-23H,4-18H2,1-3H3/t19-,20-,21+/m0/s1. The molecule has 0 unspecified atom stereocenters. The quantitative estimate of drug-likeness (QED) is 0.266. The van der Waals surface area contributed by atoms with Crippen LogP contribution in [0.25, 0.3) is 0 Å². The Hall–Kier alpha value is -0.160. The van der Waals surface area contributed by atoms with E-state index in [-0.39, 0.29) is 24.6 Å². The van der Waals surface area contributed by atoms with Gasteiger partial charge in [0.15, 0.2) is 6.29 Å². The van der Waals surface area contributed by atoms with Crippen LogP contribution in [0.1, 0.15) is 104 Å². The molecule has 0 aliphatic carbocycles. The van der Waals surface area contributed by atoms with Crippen molar-refractivity contribution >= 4 is 0 Å². The number of ether oxygens (including phenoxy) is 3. The monoisotopic (exact) mass is 372 g/mol. The molecule has 1 rings (SSSR count). The van der Waals surface area contributed by atoms with Gasteiger partial charge < -0.3 is 19.3 Å². The number of hydrogen-bond acceptors (Lipinski definition) is 4. The highest BCUT2D eigenvalue weighted by Crippen LogP contribution is 2.28. The molecule has 1 aliphatic heterocycles. The summed E-state index contributed by atoms with van der Waals surface area (Å²) >= 11 is 0. The molecule has 3 atom stereocenters. The average Bonchev–Trinajstić information content (AvgIpc) is 3.13. The van der Waals surface area contributed by atoms with Crippen molar-refractivity contribution in [3.63, 3.8) is 0 Å². The number of hydrogen-bond donors (Lipinski definition) is 1. The first-order valence-electron chi connectivity index (χ1n) is 11.3. The lowest BCUT2D eigenvalue weighted by Crippen LogP contribution is -2.34. The minimum absolute atomic E-state index is 0.0396. The third-order valence-electron chi connectivity index (χ3n) is 5.33. The molecule has 1 fully saturated rings. The van der Waals surface area contributed by atoms with Crippen molar-refractivity contribution in [3.05, 3.63) is 0 Å². The second-order valence-electron chi connectivity index (χ2n) is 7.61. The molecule has 0 spiro atoms. The number of aliphatic hydroxyl groups is 1. The van der Waals surface area contributed by atoms with Gasteiger partial charge in [0.05, 0.1) is 12.2 Å². The summed E-state index contributed by atoms with van der Waals surface area (Å²) in [5, 5.41) is 10.4. The summed E-state index contributed by atoms with van der Waals surface area (Å²) in [6, 6.07) is 0. The van der Waals surface area contributed by atoms with Crippen LogP contribution in [-0.2, 0) is 14.2 Å². The first-order chi connectivity index (χ1) is 12.7. The van der Waals surface area contributed by atoms with E-state index in [2.05, 4.69) is 6.92 Å². The van der Waals surface area contributed by atoms with Gasteiger partial charge >= 0.3 is 0 Å². The number of rotatable bonds is 17. The van der Waals surface area contributed by atoms with Gasteiger partial charge in [-0.25, -0.2) is 0 Å². The van der Waals surface area contributed by atoms with Crippen molar-refractivity contribution in [2.75, 3.05) is 13.2 Å². The van der Waals surface area contributed by atoms with Gasteiger partial charge in [-0.05, 0) is 33.1 Å². The fourth-order valence-electron chi connectivity index (χ4n) is 3.79. The maximum Gasteiger partial charge on any atom is 0.183 e. The molecule has 0 bridgehead atoms. The fourth-order valence-corrected chi connectivity index (χ4v) is 3.79. The van der Waals surface area contributed by atoms with E-state index in [0.717, 1.165) is 25.7 Å². The van der Waals surface area contributed by atoms with Gasteiger partial charge in [-0.2, -0.15) is 0 Å². The SMILES string of the molecule is CCCCCCCCCCCC[C@H](O)[C@@H]1CC[C@H](C(OCC)OCC)O1. The van der Waals surface area contributed by atoms with E-state index >= 15 is 0 Å². The topological polar surface area (TPSA) is 47.9 Å². The smallest absolute Gasteiger partial charge is 0.183 e. The van der Waals surface area contributed by atoms with Gasteiger partial charge in [-0.3, -0.25) is 0 Å². The zero-order chi connectivity index (χ0) is 19.0. The van der Waals surface area contributed by atoms with Crippen LogP contribution in [0.4, 0.5) is 0 Å². The molecular weight excluding hydrogens is 328 g/mol. The zero-order valence-electron chi connectivity index (χ0n) is 17.6. The van der Waals surface area contributed by atoms with Gasteiger partial charge in [0.2, 0.25) is 0 Å². The van der Waals surface area contributed by atoms with Crippen LogP contribution in [0.2, 0.25) is 0 Å². The molecule has 156 valence electrons. The number of unbranched alkanes of at least 4 members (excludes halogenated alkanes) is 9. The maximum absolute atomic E-state index is 10.4. The van der Waals surface area contributed by atoms with Gasteiger partial charge in [-0.1, -0.05) is 71.1 Å². The molecule has 0 amide bonds. The Labute approximate surface area is 162 Å². The Bertz CT molecular complexity index is 305. The van der Waals surface area contributed by atoms with Crippen LogP contribution in [0.15, 0.2) is 0 Å². The second kappa shape index (κ2) is 15.9. The lowest BCUT2D eigenvalue weighted by Gasteiger charge is -2.25. The summed E-state index contributed by atoms with van der Waals surface area (Å²) < 4.78 is 17.3. The zero-order valence-corrected chi connectivity index (χ0v) is 17.6. The first kappa shape index (κ1) is 23.9. The normalized spacial score (nSPS) is 21.6. The van der Waals surface area contributed by atoms with E-state index < -0.39 is 0 Å². The molecule has 4 heteroatoms. The molecule has 0 aromatic rings. The van der Waals surface area contributed by atoms with E-state index in [0.29, 0.717) is 13.2 Å². The first-order valence-corrected chi connectivity index (χ1v) is 11.3. The van der Waals surface area contributed by atoms with Crippen LogP contribution < -0.4 is 0 Å². The highest BCUT2D eigenvalue weighted by atomic mass is 16.7. The summed E-state index contributed by atoms with van der Waals surface area (Å²) in [6.45, 7) is 7.45. The minimum atomic E-state index is -0.349. The van der Waals surface area contributed by atoms with Crippen molar-refractivity contribution in [1.29, 1.82) is 0 Å². The average molecular weight is 373 g/mol. The van der Waals surface area contributed by atoms with Gasteiger partial charge in [0, 0.05) is 13.2 Å². The Kier molecular flexibility index (Phi) is 14.6. The second-order valence-corrected chi connectivity index (χ2v) is 7.61. The molecule has 1 heterocycles. The van der Waals surface area contributed by atoms with Crippen molar-refractivity contribution in [2.24, 2.45) is 0 Å². The Balaban J connectivity index is 2.05. The van der Waals surface area contributed by atoms with Gasteiger partial charge in [-0.15, -0.1) is 0 Å². The predicted molar refractivity (Wildman–Crippen MR) is 107 cm³/mol. The third kappa shape index (κ3) is 10.2. The molecule has 26 heavy (non-hydrogen) atoms. The summed E-state index contributed by atoms with van der Waals surface area (Å²) in [7, 11) is 0. The molecule has 1 saturated heterocycles. The lowest BCUT2D eigenvalue weighted by molar-refractivity contribution is -0.204. The molecule has 4 nitrogen and oxygen atoms in total. The fraction of sp³-hybridized carbons (Fsp3) is 1.00. The highest BCUT2D eigenvalue weighted by Gasteiger charge is 2.35. The van der Waals surface area contributed by atoms with Crippen molar-refractivity contribution in [2.45, 2.75) is 129 Å². The van der Waals surface area contributed by atoms with Crippen LogP contribution >= 0.6 is 0 Å². The molecule has 0 aromatic carbocycles. The van der Waals surface area contributed by atoms with E-state index in [1.165, 1.54) is 57.8 Å². The molecule has 0 aromatic heterocycles. The predicted octanol–water partition coefficient (Wildman–Crippen LogP) is 5.61. The van der Waals surface area contributed by atoms with E-state index in [1.807, 2.05) is 13.8 Å². The maximum atomic E-state index is 10.4. The van der Waals surface area contributed by atoms with Crippen molar-refractivity contribution in [3.8, 4) is 0 Å². The van der Waals surface area contributed by atoms with Crippen LogP contribution in [0.5, 0.6) is 0 Å². The summed E-state index contributed by atoms with van der Waals surface area (Å²) in [5.74, 6) is 0. The Morgan fingerprint density at radius 3 is 1.81 bits per heavy atom. The molecule has 1 N–H and O–H groups in total. The van der Waals surface area contributed by atoms with Crippen LogP contribution in [-0.4, -0.2) is 42.9 Å². The lowest BCUT2D eigenvalue weighted by atomic mass is 10.0. The summed E-state index contributed by atoms with van der Waals surface area (Å²) in [4.78, 5) is 0.